The molecule has 1 fully saturated rings. The highest BCUT2D eigenvalue weighted by molar-refractivity contribution is 5.31. The summed E-state index contributed by atoms with van der Waals surface area (Å²) in [7, 11) is 0. The Bertz CT molecular complexity index is 334. The maximum Gasteiger partial charge on any atom is 0.115 e. The average Bonchev–Trinajstić information content (AvgIpc) is 2.31. The van der Waals surface area contributed by atoms with Crippen LogP contribution in [-0.2, 0) is 5.41 Å². The second kappa shape index (κ2) is 4.46. The van der Waals surface area contributed by atoms with Crippen LogP contribution in [0.4, 0.5) is 0 Å². The predicted octanol–water partition coefficient (Wildman–Crippen LogP) is 2.83. The molecule has 1 saturated carbocycles. The second-order valence-electron chi connectivity index (χ2n) is 5.23. The van der Waals surface area contributed by atoms with Crippen molar-refractivity contribution in [2.24, 2.45) is 5.92 Å². The first-order valence-corrected chi connectivity index (χ1v) is 6.04. The first kappa shape index (κ1) is 11.5. The van der Waals surface area contributed by atoms with Gasteiger partial charge in [0.2, 0.25) is 0 Å². The number of hydrogen-bond donors (Lipinski definition) is 2. The fraction of sp³-hybridized carbons (Fsp3) is 0.571. The van der Waals surface area contributed by atoms with E-state index in [2.05, 4.69) is 6.92 Å². The van der Waals surface area contributed by atoms with Crippen molar-refractivity contribution in [1.29, 1.82) is 0 Å². The lowest BCUT2D eigenvalue weighted by atomic mass is 9.68. The summed E-state index contributed by atoms with van der Waals surface area (Å²) < 4.78 is 0. The van der Waals surface area contributed by atoms with E-state index in [1.165, 1.54) is 5.56 Å². The SMILES string of the molecule is CC1(c2ccc(O)cc2)CCC(CO)CC1. The molecule has 0 spiro atoms. The molecule has 0 radical (unpaired) electrons. The topological polar surface area (TPSA) is 40.5 Å². The molecule has 16 heavy (non-hydrogen) atoms. The quantitative estimate of drug-likeness (QED) is 0.804. The van der Waals surface area contributed by atoms with Crippen LogP contribution in [0.3, 0.4) is 0 Å². The van der Waals surface area contributed by atoms with Crippen molar-refractivity contribution >= 4 is 0 Å². The monoisotopic (exact) mass is 220 g/mol. The Morgan fingerprint density at radius 2 is 1.75 bits per heavy atom. The number of hydrogen-bond acceptors (Lipinski definition) is 2. The first-order chi connectivity index (χ1) is 7.64. The molecular weight excluding hydrogens is 200 g/mol. The Labute approximate surface area is 96.9 Å². The number of benzene rings is 1. The molecular formula is C14H20O2. The minimum atomic E-state index is 0.222. The number of aromatic hydroxyl groups is 1. The summed E-state index contributed by atoms with van der Waals surface area (Å²) in [5.41, 5.74) is 1.53. The number of rotatable bonds is 2. The predicted molar refractivity (Wildman–Crippen MR) is 64.5 cm³/mol. The molecule has 1 aromatic rings. The molecule has 1 aliphatic rings. The molecule has 0 bridgehead atoms. The van der Waals surface area contributed by atoms with Gasteiger partial charge in [-0.15, -0.1) is 0 Å². The molecule has 0 atom stereocenters. The molecule has 88 valence electrons. The minimum Gasteiger partial charge on any atom is -0.508 e. The van der Waals surface area contributed by atoms with Gasteiger partial charge in [0, 0.05) is 6.61 Å². The Morgan fingerprint density at radius 3 is 2.25 bits per heavy atom. The van der Waals surface area contributed by atoms with Crippen molar-refractivity contribution < 1.29 is 10.2 Å². The van der Waals surface area contributed by atoms with Gasteiger partial charge in [0.25, 0.3) is 0 Å². The van der Waals surface area contributed by atoms with Crippen LogP contribution in [0.5, 0.6) is 5.75 Å². The van der Waals surface area contributed by atoms with Crippen LogP contribution >= 0.6 is 0 Å². The number of phenolic OH excluding ortho intramolecular Hbond substituents is 1. The number of aliphatic hydroxyl groups excluding tert-OH is 1. The Kier molecular flexibility index (Phi) is 3.20. The Morgan fingerprint density at radius 1 is 1.19 bits per heavy atom. The summed E-state index contributed by atoms with van der Waals surface area (Å²) in [5.74, 6) is 0.821. The van der Waals surface area contributed by atoms with Gasteiger partial charge in [0.05, 0.1) is 0 Å². The summed E-state index contributed by atoms with van der Waals surface area (Å²) in [5, 5.41) is 18.4. The van der Waals surface area contributed by atoms with Crippen LogP contribution in [0.1, 0.15) is 38.2 Å². The van der Waals surface area contributed by atoms with Gasteiger partial charge in [-0.05, 0) is 54.7 Å². The molecule has 2 heteroatoms. The molecule has 0 heterocycles. The van der Waals surface area contributed by atoms with Gasteiger partial charge < -0.3 is 10.2 Å². The summed E-state index contributed by atoms with van der Waals surface area (Å²) in [6, 6.07) is 7.57. The maximum absolute atomic E-state index is 9.29. The van der Waals surface area contributed by atoms with Gasteiger partial charge in [0.1, 0.15) is 5.75 Å². The highest BCUT2D eigenvalue weighted by atomic mass is 16.3. The van der Waals surface area contributed by atoms with E-state index in [4.69, 9.17) is 5.11 Å². The molecule has 0 saturated heterocycles. The lowest BCUT2D eigenvalue weighted by molar-refractivity contribution is 0.157. The van der Waals surface area contributed by atoms with Crippen molar-refractivity contribution in [3.05, 3.63) is 29.8 Å². The molecule has 2 nitrogen and oxygen atoms in total. The first-order valence-electron chi connectivity index (χ1n) is 6.04. The van der Waals surface area contributed by atoms with Crippen molar-refractivity contribution in [1.82, 2.24) is 0 Å². The zero-order valence-corrected chi connectivity index (χ0v) is 9.82. The van der Waals surface area contributed by atoms with E-state index < -0.39 is 0 Å². The van der Waals surface area contributed by atoms with Gasteiger partial charge in [-0.1, -0.05) is 19.1 Å². The molecule has 2 N–H and O–H groups in total. The van der Waals surface area contributed by atoms with E-state index in [0.29, 0.717) is 18.3 Å². The van der Waals surface area contributed by atoms with Crippen molar-refractivity contribution in [2.45, 2.75) is 38.0 Å². The fourth-order valence-corrected chi connectivity index (χ4v) is 2.65. The third kappa shape index (κ3) is 2.22. The number of phenols is 1. The molecule has 2 rings (SSSR count). The van der Waals surface area contributed by atoms with E-state index in [9.17, 15) is 5.11 Å². The number of aliphatic hydroxyl groups is 1. The van der Waals surface area contributed by atoms with Gasteiger partial charge in [-0.25, -0.2) is 0 Å². The van der Waals surface area contributed by atoms with Crippen LogP contribution in [0.2, 0.25) is 0 Å². The van der Waals surface area contributed by atoms with E-state index in [1.54, 1.807) is 12.1 Å². The van der Waals surface area contributed by atoms with Crippen LogP contribution in [0, 0.1) is 5.92 Å². The Hall–Kier alpha value is -1.02. The standard InChI is InChI=1S/C14H20O2/c1-14(8-6-11(10-15)7-9-14)12-2-4-13(16)5-3-12/h2-5,11,15-16H,6-10H2,1H3. The third-order valence-electron chi connectivity index (χ3n) is 4.03. The Balaban J connectivity index is 2.11. The van der Waals surface area contributed by atoms with Crippen molar-refractivity contribution in [3.63, 3.8) is 0 Å². The second-order valence-corrected chi connectivity index (χ2v) is 5.23. The molecule has 0 amide bonds. The molecule has 1 aliphatic carbocycles. The van der Waals surface area contributed by atoms with Gasteiger partial charge in [0.15, 0.2) is 0 Å². The van der Waals surface area contributed by atoms with Crippen LogP contribution in [0.25, 0.3) is 0 Å². The van der Waals surface area contributed by atoms with Gasteiger partial charge in [-0.2, -0.15) is 0 Å². The van der Waals surface area contributed by atoms with Gasteiger partial charge in [-0.3, -0.25) is 0 Å². The zero-order chi connectivity index (χ0) is 11.6. The molecule has 0 unspecified atom stereocenters. The van der Waals surface area contributed by atoms with Crippen LogP contribution in [-0.4, -0.2) is 16.8 Å². The van der Waals surface area contributed by atoms with Crippen LogP contribution in [0.15, 0.2) is 24.3 Å². The smallest absolute Gasteiger partial charge is 0.115 e. The van der Waals surface area contributed by atoms with Crippen LogP contribution < -0.4 is 0 Å². The maximum atomic E-state index is 9.29. The van der Waals surface area contributed by atoms with E-state index >= 15 is 0 Å². The lowest BCUT2D eigenvalue weighted by Crippen LogP contribution is -2.29. The third-order valence-corrected chi connectivity index (χ3v) is 4.03. The summed E-state index contributed by atoms with van der Waals surface area (Å²) in [6.07, 6.45) is 4.47. The zero-order valence-electron chi connectivity index (χ0n) is 9.82. The summed E-state index contributed by atoms with van der Waals surface area (Å²) in [4.78, 5) is 0. The van der Waals surface area contributed by atoms with E-state index in [-0.39, 0.29) is 5.41 Å². The highest BCUT2D eigenvalue weighted by Gasteiger charge is 2.32. The lowest BCUT2D eigenvalue weighted by Gasteiger charge is -2.37. The van der Waals surface area contributed by atoms with E-state index in [1.807, 2.05) is 12.1 Å². The van der Waals surface area contributed by atoms with E-state index in [0.717, 1.165) is 25.7 Å². The molecule has 0 aromatic heterocycles. The van der Waals surface area contributed by atoms with Crippen molar-refractivity contribution in [3.8, 4) is 5.75 Å². The normalized spacial score (nSPS) is 30.2. The van der Waals surface area contributed by atoms with Crippen molar-refractivity contribution in [2.75, 3.05) is 6.61 Å². The largest absolute Gasteiger partial charge is 0.508 e. The molecule has 1 aromatic carbocycles. The summed E-state index contributed by atoms with van der Waals surface area (Å²) >= 11 is 0. The minimum absolute atomic E-state index is 0.222. The highest BCUT2D eigenvalue weighted by Crippen LogP contribution is 2.41. The van der Waals surface area contributed by atoms with Gasteiger partial charge >= 0.3 is 0 Å². The summed E-state index contributed by atoms with van der Waals surface area (Å²) in [6.45, 7) is 2.61. The molecule has 0 aliphatic heterocycles. The average molecular weight is 220 g/mol. The fourth-order valence-electron chi connectivity index (χ4n) is 2.65.